The Morgan fingerprint density at radius 1 is 1.06 bits per heavy atom. The highest BCUT2D eigenvalue weighted by molar-refractivity contribution is 5.89. The van der Waals surface area contributed by atoms with Crippen molar-refractivity contribution in [3.05, 3.63) is 59.2 Å². The van der Waals surface area contributed by atoms with Crippen LogP contribution in [0, 0.1) is 0 Å². The summed E-state index contributed by atoms with van der Waals surface area (Å²) in [7, 11) is 0. The molecule has 0 saturated carbocycles. The number of carbonyl (C=O) groups is 3. The van der Waals surface area contributed by atoms with E-state index in [0.29, 0.717) is 19.4 Å². The number of benzene rings is 2. The molecule has 170 valence electrons. The summed E-state index contributed by atoms with van der Waals surface area (Å²) >= 11 is 0. The number of carboxylic acid groups (broad SMARTS) is 1. The van der Waals surface area contributed by atoms with Gasteiger partial charge in [0.1, 0.15) is 18.7 Å². The third-order valence-corrected chi connectivity index (χ3v) is 5.60. The molecule has 0 saturated heterocycles. The standard InChI is InChI=1S/C24H29N3O5/c1-15(22(28)27-21(23(29)30)11-4-5-12-25)26-24(31)32-14-17-8-6-10-19-18-9-3-2-7-16(18)13-20(17)19/h2-3,6-10,15,21H,4-5,11-14,25H2,1H3,(H,26,31)(H,27,28)(H,29,30)/t15-,21?/m0/s1. The van der Waals surface area contributed by atoms with Crippen molar-refractivity contribution in [2.24, 2.45) is 5.73 Å². The zero-order valence-electron chi connectivity index (χ0n) is 18.1. The Morgan fingerprint density at radius 3 is 2.56 bits per heavy atom. The summed E-state index contributed by atoms with van der Waals surface area (Å²) < 4.78 is 5.34. The first kappa shape index (κ1) is 23.3. The zero-order valence-corrected chi connectivity index (χ0v) is 18.1. The topological polar surface area (TPSA) is 131 Å². The van der Waals surface area contributed by atoms with Crippen molar-refractivity contribution < 1.29 is 24.2 Å². The fourth-order valence-corrected chi connectivity index (χ4v) is 3.83. The van der Waals surface area contributed by atoms with E-state index in [1.165, 1.54) is 18.1 Å². The molecule has 2 aromatic rings. The molecule has 0 bridgehead atoms. The van der Waals surface area contributed by atoms with Gasteiger partial charge < -0.3 is 26.2 Å². The number of rotatable bonds is 10. The van der Waals surface area contributed by atoms with Crippen molar-refractivity contribution in [2.45, 2.75) is 51.3 Å². The molecule has 1 unspecified atom stereocenters. The number of ether oxygens (including phenoxy) is 1. The van der Waals surface area contributed by atoms with E-state index in [1.54, 1.807) is 0 Å². The number of hydrogen-bond donors (Lipinski definition) is 4. The Balaban J connectivity index is 1.52. The van der Waals surface area contributed by atoms with Gasteiger partial charge in [-0.25, -0.2) is 9.59 Å². The second-order valence-corrected chi connectivity index (χ2v) is 7.90. The third kappa shape index (κ3) is 5.64. The highest BCUT2D eigenvalue weighted by Crippen LogP contribution is 2.38. The minimum absolute atomic E-state index is 0.0776. The van der Waals surface area contributed by atoms with Crippen molar-refractivity contribution in [3.8, 4) is 11.1 Å². The largest absolute Gasteiger partial charge is 0.480 e. The molecule has 0 radical (unpaired) electrons. The Bertz CT molecular complexity index is 991. The van der Waals surface area contributed by atoms with Crippen molar-refractivity contribution in [1.82, 2.24) is 10.6 Å². The van der Waals surface area contributed by atoms with Crippen LogP contribution in [-0.2, 0) is 27.4 Å². The Hall–Kier alpha value is -3.39. The van der Waals surface area contributed by atoms with Crippen molar-refractivity contribution in [3.63, 3.8) is 0 Å². The Kier molecular flexibility index (Phi) is 7.83. The fraction of sp³-hybridized carbons (Fsp3) is 0.375. The molecular formula is C24H29N3O5. The highest BCUT2D eigenvalue weighted by Gasteiger charge is 2.24. The molecule has 0 heterocycles. The van der Waals surface area contributed by atoms with E-state index in [0.717, 1.165) is 23.1 Å². The average Bonchev–Trinajstić information content (AvgIpc) is 3.16. The fourth-order valence-electron chi connectivity index (χ4n) is 3.83. The molecule has 0 fully saturated rings. The molecule has 0 aromatic heterocycles. The van der Waals surface area contributed by atoms with Gasteiger partial charge in [0.25, 0.3) is 0 Å². The van der Waals surface area contributed by atoms with Crippen molar-refractivity contribution >= 4 is 18.0 Å². The minimum Gasteiger partial charge on any atom is -0.480 e. The van der Waals surface area contributed by atoms with Gasteiger partial charge in [0.15, 0.2) is 0 Å². The molecule has 3 rings (SSSR count). The Morgan fingerprint density at radius 2 is 1.81 bits per heavy atom. The van der Waals surface area contributed by atoms with Gasteiger partial charge >= 0.3 is 12.1 Å². The van der Waals surface area contributed by atoms with Crippen LogP contribution in [0.2, 0.25) is 0 Å². The number of aliphatic carboxylic acids is 1. The molecule has 0 spiro atoms. The van der Waals surface area contributed by atoms with Gasteiger partial charge in [0, 0.05) is 0 Å². The first-order chi connectivity index (χ1) is 15.4. The molecule has 0 aliphatic heterocycles. The number of hydrogen-bond acceptors (Lipinski definition) is 5. The lowest BCUT2D eigenvalue weighted by Gasteiger charge is -2.19. The minimum atomic E-state index is -1.12. The number of unbranched alkanes of at least 4 members (excludes halogenated alkanes) is 1. The van der Waals surface area contributed by atoms with Crippen LogP contribution >= 0.6 is 0 Å². The number of amides is 2. The predicted molar refractivity (Wildman–Crippen MR) is 120 cm³/mol. The van der Waals surface area contributed by atoms with Gasteiger partial charge in [0.2, 0.25) is 5.91 Å². The predicted octanol–water partition coefficient (Wildman–Crippen LogP) is 2.57. The second kappa shape index (κ2) is 10.8. The lowest BCUT2D eigenvalue weighted by atomic mass is 10.0. The number of nitrogens with two attached hydrogens (primary N) is 1. The monoisotopic (exact) mass is 439 g/mol. The molecule has 1 aliphatic rings. The molecule has 1 aliphatic carbocycles. The molecule has 8 nitrogen and oxygen atoms in total. The van der Waals surface area contributed by atoms with Crippen LogP contribution in [0.25, 0.3) is 11.1 Å². The van der Waals surface area contributed by atoms with E-state index in [1.807, 2.05) is 24.3 Å². The third-order valence-electron chi connectivity index (χ3n) is 5.60. The average molecular weight is 440 g/mol. The van der Waals surface area contributed by atoms with E-state index in [9.17, 15) is 19.5 Å². The summed E-state index contributed by atoms with van der Waals surface area (Å²) in [5.74, 6) is -1.71. The number of carbonyl (C=O) groups excluding carboxylic acids is 2. The summed E-state index contributed by atoms with van der Waals surface area (Å²) in [6.07, 6.45) is 1.58. The maximum absolute atomic E-state index is 12.3. The van der Waals surface area contributed by atoms with Crippen LogP contribution < -0.4 is 16.4 Å². The number of fused-ring (bicyclic) bond motifs is 3. The zero-order chi connectivity index (χ0) is 23.1. The van der Waals surface area contributed by atoms with E-state index in [4.69, 9.17) is 10.5 Å². The lowest BCUT2D eigenvalue weighted by Crippen LogP contribution is -2.50. The van der Waals surface area contributed by atoms with Gasteiger partial charge in [-0.15, -0.1) is 0 Å². The van der Waals surface area contributed by atoms with Crippen molar-refractivity contribution in [2.75, 3.05) is 6.54 Å². The van der Waals surface area contributed by atoms with E-state index < -0.39 is 30.1 Å². The molecule has 2 amide bonds. The van der Waals surface area contributed by atoms with E-state index >= 15 is 0 Å². The van der Waals surface area contributed by atoms with Crippen LogP contribution in [-0.4, -0.2) is 41.7 Å². The van der Waals surface area contributed by atoms with Crippen LogP contribution in [0.3, 0.4) is 0 Å². The van der Waals surface area contributed by atoms with E-state index in [-0.39, 0.29) is 13.0 Å². The van der Waals surface area contributed by atoms with Crippen LogP contribution in [0.15, 0.2) is 42.5 Å². The lowest BCUT2D eigenvalue weighted by molar-refractivity contribution is -0.142. The van der Waals surface area contributed by atoms with Crippen molar-refractivity contribution in [1.29, 1.82) is 0 Å². The van der Waals surface area contributed by atoms with Crippen LogP contribution in [0.4, 0.5) is 4.79 Å². The summed E-state index contributed by atoms with van der Waals surface area (Å²) in [5, 5.41) is 14.2. The summed E-state index contributed by atoms with van der Waals surface area (Å²) in [5.41, 5.74) is 11.0. The summed E-state index contributed by atoms with van der Waals surface area (Å²) in [4.78, 5) is 35.9. The number of nitrogens with one attached hydrogen (secondary N) is 2. The van der Waals surface area contributed by atoms with E-state index in [2.05, 4.69) is 28.8 Å². The Labute approximate surface area is 187 Å². The number of alkyl carbamates (subject to hydrolysis) is 1. The van der Waals surface area contributed by atoms with Gasteiger partial charge in [-0.05, 0) is 67.0 Å². The molecule has 2 aromatic carbocycles. The summed E-state index contributed by atoms with van der Waals surface area (Å²) in [6.45, 7) is 2.02. The number of carboxylic acids is 1. The first-order valence-electron chi connectivity index (χ1n) is 10.8. The quantitative estimate of drug-likeness (QED) is 0.359. The molecule has 32 heavy (non-hydrogen) atoms. The smallest absolute Gasteiger partial charge is 0.408 e. The van der Waals surface area contributed by atoms with Gasteiger partial charge in [-0.1, -0.05) is 42.5 Å². The SMILES string of the molecule is C[C@H](NC(=O)OCc1cccc2c1Cc1ccccc1-2)C(=O)NC(CCCCN)C(=O)O. The van der Waals surface area contributed by atoms with Crippen LogP contribution in [0.1, 0.15) is 42.9 Å². The van der Waals surface area contributed by atoms with Gasteiger partial charge in [0.05, 0.1) is 0 Å². The maximum atomic E-state index is 12.3. The second-order valence-electron chi connectivity index (χ2n) is 7.90. The molecule has 2 atom stereocenters. The van der Waals surface area contributed by atoms with Gasteiger partial charge in [-0.3, -0.25) is 4.79 Å². The maximum Gasteiger partial charge on any atom is 0.408 e. The van der Waals surface area contributed by atoms with Gasteiger partial charge in [-0.2, -0.15) is 0 Å². The highest BCUT2D eigenvalue weighted by atomic mass is 16.5. The molecular weight excluding hydrogens is 410 g/mol. The molecule has 5 N–H and O–H groups in total. The normalized spacial score (nSPS) is 13.4. The van der Waals surface area contributed by atoms with Crippen LogP contribution in [0.5, 0.6) is 0 Å². The summed E-state index contributed by atoms with van der Waals surface area (Å²) in [6, 6.07) is 12.1. The molecule has 8 heteroatoms. The first-order valence-corrected chi connectivity index (χ1v) is 10.8.